The van der Waals surface area contributed by atoms with E-state index in [1.165, 1.54) is 11.1 Å². The normalized spacial score (nSPS) is 14.0. The molecule has 1 aliphatic rings. The van der Waals surface area contributed by atoms with Crippen LogP contribution in [0.2, 0.25) is 5.02 Å². The van der Waals surface area contributed by atoms with Crippen molar-refractivity contribution >= 4 is 23.2 Å². The molecule has 126 valence electrons. The topological polar surface area (TPSA) is 35.6 Å². The number of likely N-dealkylation sites (N-methyl/N-ethyl adjacent to an activating group) is 1. The van der Waals surface area contributed by atoms with Crippen LogP contribution < -0.4 is 5.32 Å². The number of nitrogens with zero attached hydrogens (tertiary/aromatic N) is 2. The first-order valence-electron chi connectivity index (χ1n) is 8.07. The fourth-order valence-corrected chi connectivity index (χ4v) is 3.12. The Morgan fingerprint density at radius 1 is 1.21 bits per heavy atom. The average Bonchev–Trinajstić information content (AvgIpc) is 2.97. The van der Waals surface area contributed by atoms with Gasteiger partial charge in [-0.3, -0.25) is 9.69 Å². The lowest BCUT2D eigenvalue weighted by Gasteiger charge is -2.18. The van der Waals surface area contributed by atoms with E-state index in [4.69, 9.17) is 11.6 Å². The van der Waals surface area contributed by atoms with E-state index >= 15 is 0 Å². The molecule has 4 nitrogen and oxygen atoms in total. The summed E-state index contributed by atoms with van der Waals surface area (Å²) in [5, 5.41) is 3.60. The second kappa shape index (κ2) is 7.34. The third-order valence-electron chi connectivity index (χ3n) is 4.25. The molecular formula is C19H22ClN3O. The van der Waals surface area contributed by atoms with Crippen molar-refractivity contribution < 1.29 is 4.79 Å². The summed E-state index contributed by atoms with van der Waals surface area (Å²) >= 11 is 5.97. The van der Waals surface area contributed by atoms with E-state index in [-0.39, 0.29) is 5.91 Å². The van der Waals surface area contributed by atoms with Crippen molar-refractivity contribution in [2.75, 3.05) is 32.5 Å². The standard InChI is InChI=1S/C19H22ClN3O/c1-22(2)9-10-23-12-15-6-4-8-18(17(15)13-23)21-19(24)14-5-3-7-16(20)11-14/h3-8,11H,9-10,12-13H2,1-2H3,(H,21,24). The number of carbonyl (C=O) groups is 1. The number of hydrogen-bond acceptors (Lipinski definition) is 3. The van der Waals surface area contributed by atoms with E-state index in [0.29, 0.717) is 10.6 Å². The molecule has 1 heterocycles. The van der Waals surface area contributed by atoms with Gasteiger partial charge in [0, 0.05) is 42.5 Å². The Morgan fingerprint density at radius 2 is 2.00 bits per heavy atom. The van der Waals surface area contributed by atoms with Crippen molar-refractivity contribution in [3.05, 3.63) is 64.2 Å². The number of anilines is 1. The molecule has 0 atom stereocenters. The van der Waals surface area contributed by atoms with E-state index < -0.39 is 0 Å². The number of halogens is 1. The minimum absolute atomic E-state index is 0.127. The molecular weight excluding hydrogens is 322 g/mol. The Hall–Kier alpha value is -1.88. The van der Waals surface area contributed by atoms with Gasteiger partial charge >= 0.3 is 0 Å². The van der Waals surface area contributed by atoms with Crippen LogP contribution in [0, 0.1) is 0 Å². The second-order valence-corrected chi connectivity index (χ2v) is 6.86. The highest BCUT2D eigenvalue weighted by Gasteiger charge is 2.22. The number of hydrogen-bond donors (Lipinski definition) is 1. The van der Waals surface area contributed by atoms with E-state index in [0.717, 1.165) is 31.9 Å². The highest BCUT2D eigenvalue weighted by molar-refractivity contribution is 6.31. The molecule has 0 bridgehead atoms. The van der Waals surface area contributed by atoms with Crippen molar-refractivity contribution in [3.63, 3.8) is 0 Å². The van der Waals surface area contributed by atoms with Crippen LogP contribution in [-0.4, -0.2) is 42.9 Å². The van der Waals surface area contributed by atoms with Gasteiger partial charge in [-0.15, -0.1) is 0 Å². The lowest BCUT2D eigenvalue weighted by Crippen LogP contribution is -2.27. The lowest BCUT2D eigenvalue weighted by atomic mass is 10.1. The number of fused-ring (bicyclic) bond motifs is 1. The first-order chi connectivity index (χ1) is 11.5. The van der Waals surface area contributed by atoms with E-state index in [2.05, 4.69) is 35.3 Å². The SMILES string of the molecule is CN(C)CCN1Cc2cccc(NC(=O)c3cccc(Cl)c3)c2C1. The molecule has 0 fully saturated rings. The van der Waals surface area contributed by atoms with Gasteiger partial charge in [0.25, 0.3) is 5.91 Å². The highest BCUT2D eigenvalue weighted by Crippen LogP contribution is 2.29. The molecule has 0 saturated carbocycles. The number of nitrogens with one attached hydrogen (secondary N) is 1. The summed E-state index contributed by atoms with van der Waals surface area (Å²) in [5.74, 6) is -0.127. The summed E-state index contributed by atoms with van der Waals surface area (Å²) in [7, 11) is 4.17. The van der Waals surface area contributed by atoms with Gasteiger partial charge in [-0.2, -0.15) is 0 Å². The molecule has 5 heteroatoms. The molecule has 1 aliphatic heterocycles. The van der Waals surface area contributed by atoms with E-state index in [1.807, 2.05) is 12.1 Å². The Bertz CT molecular complexity index is 745. The first-order valence-corrected chi connectivity index (χ1v) is 8.45. The van der Waals surface area contributed by atoms with Crippen LogP contribution in [0.3, 0.4) is 0 Å². The van der Waals surface area contributed by atoms with Crippen LogP contribution in [0.25, 0.3) is 0 Å². The van der Waals surface area contributed by atoms with Gasteiger partial charge in [0.1, 0.15) is 0 Å². The van der Waals surface area contributed by atoms with Crippen molar-refractivity contribution in [2.45, 2.75) is 13.1 Å². The van der Waals surface area contributed by atoms with Crippen LogP contribution in [0.15, 0.2) is 42.5 Å². The fraction of sp³-hybridized carbons (Fsp3) is 0.316. The van der Waals surface area contributed by atoms with Crippen LogP contribution in [-0.2, 0) is 13.1 Å². The maximum Gasteiger partial charge on any atom is 0.255 e. The molecule has 2 aromatic rings. The molecule has 0 saturated heterocycles. The second-order valence-electron chi connectivity index (χ2n) is 6.42. The third-order valence-corrected chi connectivity index (χ3v) is 4.48. The van der Waals surface area contributed by atoms with Gasteiger partial charge < -0.3 is 10.2 Å². The van der Waals surface area contributed by atoms with Crippen LogP contribution in [0.5, 0.6) is 0 Å². The molecule has 1 amide bonds. The first kappa shape index (κ1) is 17.0. The summed E-state index contributed by atoms with van der Waals surface area (Å²) in [4.78, 5) is 17.1. The lowest BCUT2D eigenvalue weighted by molar-refractivity contribution is 0.102. The van der Waals surface area contributed by atoms with Crippen LogP contribution in [0.4, 0.5) is 5.69 Å². The largest absolute Gasteiger partial charge is 0.322 e. The predicted octanol–water partition coefficient (Wildman–Crippen LogP) is 3.47. The Kier molecular flexibility index (Phi) is 5.19. The molecule has 24 heavy (non-hydrogen) atoms. The summed E-state index contributed by atoms with van der Waals surface area (Å²) < 4.78 is 0. The molecule has 3 rings (SSSR count). The van der Waals surface area contributed by atoms with Gasteiger partial charge in [-0.05, 0) is 49.5 Å². The molecule has 1 N–H and O–H groups in total. The molecule has 0 aliphatic carbocycles. The molecule has 0 spiro atoms. The molecule has 0 radical (unpaired) electrons. The average molecular weight is 344 g/mol. The van der Waals surface area contributed by atoms with E-state index in [1.54, 1.807) is 24.3 Å². The summed E-state index contributed by atoms with van der Waals surface area (Å²) in [6.07, 6.45) is 0. The molecule has 2 aromatic carbocycles. The van der Waals surface area contributed by atoms with Crippen LogP contribution >= 0.6 is 11.6 Å². The Morgan fingerprint density at radius 3 is 2.75 bits per heavy atom. The quantitative estimate of drug-likeness (QED) is 0.903. The van der Waals surface area contributed by atoms with Crippen molar-refractivity contribution in [1.29, 1.82) is 0 Å². The zero-order valence-electron chi connectivity index (χ0n) is 14.1. The number of amides is 1. The zero-order chi connectivity index (χ0) is 17.1. The number of carbonyl (C=O) groups excluding carboxylic acids is 1. The van der Waals surface area contributed by atoms with Crippen molar-refractivity contribution in [2.24, 2.45) is 0 Å². The van der Waals surface area contributed by atoms with Gasteiger partial charge in [0.05, 0.1) is 0 Å². The third kappa shape index (κ3) is 3.96. The van der Waals surface area contributed by atoms with Gasteiger partial charge in [0.2, 0.25) is 0 Å². The minimum atomic E-state index is -0.127. The smallest absolute Gasteiger partial charge is 0.255 e. The fourth-order valence-electron chi connectivity index (χ4n) is 2.93. The monoisotopic (exact) mass is 343 g/mol. The summed E-state index contributed by atoms with van der Waals surface area (Å²) in [6, 6.07) is 13.1. The maximum absolute atomic E-state index is 12.5. The highest BCUT2D eigenvalue weighted by atomic mass is 35.5. The predicted molar refractivity (Wildman–Crippen MR) is 98.5 cm³/mol. The zero-order valence-corrected chi connectivity index (χ0v) is 14.8. The number of benzene rings is 2. The van der Waals surface area contributed by atoms with Crippen molar-refractivity contribution in [3.8, 4) is 0 Å². The summed E-state index contributed by atoms with van der Waals surface area (Å²) in [6.45, 7) is 3.85. The van der Waals surface area contributed by atoms with Crippen LogP contribution in [0.1, 0.15) is 21.5 Å². The van der Waals surface area contributed by atoms with Gasteiger partial charge in [-0.25, -0.2) is 0 Å². The van der Waals surface area contributed by atoms with Gasteiger partial charge in [0.15, 0.2) is 0 Å². The van der Waals surface area contributed by atoms with Crippen molar-refractivity contribution in [1.82, 2.24) is 9.80 Å². The molecule has 0 unspecified atom stereocenters. The van der Waals surface area contributed by atoms with Gasteiger partial charge in [-0.1, -0.05) is 29.8 Å². The maximum atomic E-state index is 12.5. The minimum Gasteiger partial charge on any atom is -0.322 e. The Labute approximate surface area is 148 Å². The number of rotatable bonds is 5. The Balaban J connectivity index is 1.73. The summed E-state index contributed by atoms with van der Waals surface area (Å²) in [5.41, 5.74) is 3.97. The van der Waals surface area contributed by atoms with E-state index in [9.17, 15) is 4.79 Å². The molecule has 0 aromatic heterocycles.